The Kier molecular flexibility index (Phi) is 8.31. The summed E-state index contributed by atoms with van der Waals surface area (Å²) in [6.45, 7) is -0.207. The molecule has 4 N–H and O–H groups in total. The summed E-state index contributed by atoms with van der Waals surface area (Å²) < 4.78 is 10.7. The number of methoxy groups -OCH3 is 1. The van der Waals surface area contributed by atoms with Crippen LogP contribution in [0.5, 0.6) is 11.5 Å². The third-order valence-corrected chi connectivity index (χ3v) is 5.43. The molecule has 0 spiro atoms. The number of primary amides is 1. The summed E-state index contributed by atoms with van der Waals surface area (Å²) in [6.07, 6.45) is 0. The maximum absolute atomic E-state index is 12.8. The Balaban J connectivity index is 1.61. The number of carbonyl (C=O) groups excluding carboxylic acids is 3. The molecule has 3 aromatic carbocycles. The Morgan fingerprint density at radius 3 is 2.27 bits per heavy atom. The highest BCUT2D eigenvalue weighted by Gasteiger charge is 2.13. The topological polar surface area (TPSA) is 120 Å². The van der Waals surface area contributed by atoms with Crippen LogP contribution in [-0.2, 0) is 9.59 Å². The normalized spacial score (nSPS) is 10.2. The van der Waals surface area contributed by atoms with Crippen molar-refractivity contribution in [3.05, 3.63) is 78.4 Å². The van der Waals surface area contributed by atoms with Gasteiger partial charge in [-0.25, -0.2) is 0 Å². The molecule has 170 valence electrons. The number of benzene rings is 3. The van der Waals surface area contributed by atoms with E-state index >= 15 is 0 Å². The fourth-order valence-electron chi connectivity index (χ4n) is 2.88. The molecule has 0 saturated heterocycles. The van der Waals surface area contributed by atoms with Crippen LogP contribution >= 0.6 is 11.8 Å². The fourth-order valence-corrected chi connectivity index (χ4v) is 3.67. The molecule has 8 nitrogen and oxygen atoms in total. The Morgan fingerprint density at radius 1 is 0.879 bits per heavy atom. The van der Waals surface area contributed by atoms with Crippen LogP contribution in [0.25, 0.3) is 0 Å². The molecule has 9 heteroatoms. The maximum atomic E-state index is 12.8. The zero-order valence-corrected chi connectivity index (χ0v) is 18.7. The van der Waals surface area contributed by atoms with Crippen molar-refractivity contribution >= 4 is 40.9 Å². The van der Waals surface area contributed by atoms with Gasteiger partial charge in [0.2, 0.25) is 5.91 Å². The molecule has 0 unspecified atom stereocenters. The number of anilines is 2. The second-order valence-electron chi connectivity index (χ2n) is 6.77. The summed E-state index contributed by atoms with van der Waals surface area (Å²) in [4.78, 5) is 36.8. The van der Waals surface area contributed by atoms with Gasteiger partial charge in [0.25, 0.3) is 11.8 Å². The van der Waals surface area contributed by atoms with Crippen LogP contribution in [0.4, 0.5) is 11.4 Å². The van der Waals surface area contributed by atoms with Crippen LogP contribution in [0.2, 0.25) is 0 Å². The molecule has 0 aliphatic heterocycles. The van der Waals surface area contributed by atoms with Gasteiger partial charge in [-0.2, -0.15) is 0 Å². The molecular formula is C24H23N3O5S. The minimum absolute atomic E-state index is 0.0722. The lowest BCUT2D eigenvalue weighted by Gasteiger charge is -2.12. The maximum Gasteiger partial charge on any atom is 0.262 e. The number of hydrogen-bond donors (Lipinski definition) is 3. The molecule has 0 aromatic heterocycles. The molecule has 0 aliphatic rings. The van der Waals surface area contributed by atoms with Crippen molar-refractivity contribution in [1.82, 2.24) is 0 Å². The van der Waals surface area contributed by atoms with Crippen LogP contribution in [-0.4, -0.2) is 37.2 Å². The van der Waals surface area contributed by atoms with Gasteiger partial charge < -0.3 is 25.8 Å². The van der Waals surface area contributed by atoms with E-state index in [2.05, 4.69) is 10.6 Å². The summed E-state index contributed by atoms with van der Waals surface area (Å²) in [6, 6.07) is 20.7. The largest absolute Gasteiger partial charge is 0.493 e. The molecule has 0 bridgehead atoms. The summed E-state index contributed by atoms with van der Waals surface area (Å²) in [5.74, 6) is -0.104. The number of amides is 3. The van der Waals surface area contributed by atoms with E-state index < -0.39 is 5.91 Å². The van der Waals surface area contributed by atoms with Crippen molar-refractivity contribution < 1.29 is 23.9 Å². The zero-order chi connectivity index (χ0) is 23.6. The van der Waals surface area contributed by atoms with Crippen molar-refractivity contribution in [3.8, 4) is 11.5 Å². The summed E-state index contributed by atoms with van der Waals surface area (Å²) in [5, 5.41) is 5.54. The molecular weight excluding hydrogens is 442 g/mol. The number of rotatable bonds is 10. The molecule has 3 aromatic rings. The monoisotopic (exact) mass is 465 g/mol. The molecule has 3 rings (SSSR count). The average Bonchev–Trinajstić information content (AvgIpc) is 2.82. The van der Waals surface area contributed by atoms with Crippen molar-refractivity contribution in [2.24, 2.45) is 5.73 Å². The second kappa shape index (κ2) is 11.6. The Morgan fingerprint density at radius 2 is 1.55 bits per heavy atom. The molecule has 33 heavy (non-hydrogen) atoms. The number of carbonyl (C=O) groups is 3. The lowest BCUT2D eigenvalue weighted by atomic mass is 10.2. The molecule has 0 saturated carbocycles. The smallest absolute Gasteiger partial charge is 0.262 e. The predicted octanol–water partition coefficient (Wildman–Crippen LogP) is 3.54. The lowest BCUT2D eigenvalue weighted by Crippen LogP contribution is -2.20. The number of ether oxygens (including phenoxy) is 2. The first-order chi connectivity index (χ1) is 16.0. The molecule has 0 fully saturated rings. The number of nitrogens with two attached hydrogens (primary N) is 1. The zero-order valence-electron chi connectivity index (χ0n) is 17.9. The third kappa shape index (κ3) is 7.01. The first-order valence-corrected chi connectivity index (χ1v) is 10.9. The quantitative estimate of drug-likeness (QED) is 0.394. The van der Waals surface area contributed by atoms with Gasteiger partial charge >= 0.3 is 0 Å². The van der Waals surface area contributed by atoms with Gasteiger partial charge in [-0.05, 0) is 42.5 Å². The fraction of sp³-hybridized carbons (Fsp3) is 0.125. The summed E-state index contributed by atoms with van der Waals surface area (Å²) in [5.41, 5.74) is 6.62. The van der Waals surface area contributed by atoms with Gasteiger partial charge in [0.1, 0.15) is 0 Å². The van der Waals surface area contributed by atoms with E-state index in [-0.39, 0.29) is 24.2 Å². The van der Waals surface area contributed by atoms with Crippen molar-refractivity contribution in [3.63, 3.8) is 0 Å². The standard InChI is InChI=1S/C24H23N3O5S/c1-31-19-10-3-4-11-20(19)32-14-23(29)26-16-7-6-8-17(13-16)27-24(30)18-9-2-5-12-21(18)33-15-22(25)28/h2-13H,14-15H2,1H3,(H2,25,28)(H,26,29)(H,27,30). The van der Waals surface area contributed by atoms with E-state index in [4.69, 9.17) is 15.2 Å². The first kappa shape index (κ1) is 23.7. The van der Waals surface area contributed by atoms with Gasteiger partial charge in [0.15, 0.2) is 18.1 Å². The van der Waals surface area contributed by atoms with Crippen LogP contribution in [0, 0.1) is 0 Å². The number of hydrogen-bond acceptors (Lipinski definition) is 6. The number of thioether (sulfide) groups is 1. The van der Waals surface area contributed by atoms with Gasteiger partial charge in [-0.15, -0.1) is 11.8 Å². The molecule has 3 amide bonds. The Bertz CT molecular complexity index is 1150. The third-order valence-electron chi connectivity index (χ3n) is 4.33. The van der Waals surface area contributed by atoms with E-state index in [0.717, 1.165) is 0 Å². The average molecular weight is 466 g/mol. The van der Waals surface area contributed by atoms with E-state index in [1.165, 1.54) is 18.9 Å². The number of nitrogens with one attached hydrogen (secondary N) is 2. The Hall–Kier alpha value is -3.98. The van der Waals surface area contributed by atoms with Crippen LogP contribution < -0.4 is 25.8 Å². The van der Waals surface area contributed by atoms with E-state index in [0.29, 0.717) is 33.3 Å². The van der Waals surface area contributed by atoms with E-state index in [9.17, 15) is 14.4 Å². The van der Waals surface area contributed by atoms with E-state index in [1.807, 2.05) is 0 Å². The minimum atomic E-state index is -0.464. The summed E-state index contributed by atoms with van der Waals surface area (Å²) in [7, 11) is 1.52. The van der Waals surface area contributed by atoms with Crippen LogP contribution in [0.15, 0.2) is 77.7 Å². The minimum Gasteiger partial charge on any atom is -0.493 e. The molecule has 0 heterocycles. The predicted molar refractivity (Wildman–Crippen MR) is 128 cm³/mol. The highest BCUT2D eigenvalue weighted by atomic mass is 32.2. The highest BCUT2D eigenvalue weighted by Crippen LogP contribution is 2.26. The molecule has 0 atom stereocenters. The SMILES string of the molecule is COc1ccccc1OCC(=O)Nc1cccc(NC(=O)c2ccccc2SCC(N)=O)c1. The highest BCUT2D eigenvalue weighted by molar-refractivity contribution is 8.00. The van der Waals surface area contributed by atoms with Crippen molar-refractivity contribution in [1.29, 1.82) is 0 Å². The first-order valence-electron chi connectivity index (χ1n) is 9.93. The number of para-hydroxylation sites is 2. The van der Waals surface area contributed by atoms with Crippen LogP contribution in [0.3, 0.4) is 0 Å². The van der Waals surface area contributed by atoms with Crippen molar-refractivity contribution in [2.75, 3.05) is 30.1 Å². The van der Waals surface area contributed by atoms with Gasteiger partial charge in [0, 0.05) is 16.3 Å². The van der Waals surface area contributed by atoms with Gasteiger partial charge in [-0.3, -0.25) is 14.4 Å². The second-order valence-corrected chi connectivity index (χ2v) is 7.79. The van der Waals surface area contributed by atoms with Gasteiger partial charge in [-0.1, -0.05) is 30.3 Å². The van der Waals surface area contributed by atoms with Gasteiger partial charge in [0.05, 0.1) is 18.4 Å². The van der Waals surface area contributed by atoms with Crippen LogP contribution in [0.1, 0.15) is 10.4 Å². The lowest BCUT2D eigenvalue weighted by molar-refractivity contribution is -0.118. The summed E-state index contributed by atoms with van der Waals surface area (Å²) >= 11 is 1.20. The molecule has 0 radical (unpaired) electrons. The Labute approximate surface area is 195 Å². The molecule has 0 aliphatic carbocycles. The van der Waals surface area contributed by atoms with E-state index in [1.54, 1.807) is 72.8 Å². The van der Waals surface area contributed by atoms with Crippen molar-refractivity contribution in [2.45, 2.75) is 4.90 Å².